The Morgan fingerprint density at radius 2 is 1.84 bits per heavy atom. The quantitative estimate of drug-likeness (QED) is 0.338. The van der Waals surface area contributed by atoms with Gasteiger partial charge in [-0.2, -0.15) is 26.7 Å². The lowest BCUT2D eigenvalue weighted by Crippen LogP contribution is -2.14. The van der Waals surface area contributed by atoms with E-state index in [1.807, 2.05) is 11.8 Å². The van der Waals surface area contributed by atoms with Crippen molar-refractivity contribution in [3.63, 3.8) is 0 Å². The lowest BCUT2D eigenvalue weighted by molar-refractivity contribution is 0.379. The van der Waals surface area contributed by atoms with E-state index in [9.17, 15) is 0 Å². The molecule has 7 nitrogen and oxygen atoms in total. The number of methoxy groups -OCH3 is 1. The van der Waals surface area contributed by atoms with Crippen LogP contribution in [-0.4, -0.2) is 40.6 Å². The third-order valence-electron chi connectivity index (χ3n) is 2.48. The fraction of sp³-hybridized carbons (Fsp3) is 0.727. The van der Waals surface area contributed by atoms with E-state index in [-0.39, 0.29) is 12.0 Å². The molecule has 4 N–H and O–H groups in total. The molecule has 0 aliphatic carbocycles. The van der Waals surface area contributed by atoms with E-state index in [0.717, 1.165) is 13.0 Å². The number of unbranched alkanes of at least 4 members (excludes halogenated alkanes) is 3. The predicted octanol–water partition coefficient (Wildman–Crippen LogP) is 1.50. The maximum Gasteiger partial charge on any atom is 0.322 e. The first-order chi connectivity index (χ1) is 9.30. The molecule has 0 aromatic carbocycles. The summed E-state index contributed by atoms with van der Waals surface area (Å²) in [6.07, 6.45) is 6.98. The maximum atomic E-state index is 5.28. The molecule has 0 saturated heterocycles. The fourth-order valence-electron chi connectivity index (χ4n) is 1.52. The molecule has 0 aliphatic rings. The molecule has 1 aromatic heterocycles. The summed E-state index contributed by atoms with van der Waals surface area (Å²) in [5.41, 5.74) is 2.38. The SMILES string of the molecule is COc1nc(NN)nc(NCCCCCCSC)n1. The third kappa shape index (κ3) is 6.44. The number of nitrogens with two attached hydrogens (primary N) is 1. The maximum absolute atomic E-state index is 5.28. The Balaban J connectivity index is 2.28. The third-order valence-corrected chi connectivity index (χ3v) is 3.18. The molecule has 1 heterocycles. The minimum absolute atomic E-state index is 0.241. The number of anilines is 2. The molecule has 19 heavy (non-hydrogen) atoms. The number of hydrogen-bond acceptors (Lipinski definition) is 8. The minimum atomic E-state index is 0.241. The van der Waals surface area contributed by atoms with Crippen molar-refractivity contribution in [3.05, 3.63) is 0 Å². The molecule has 0 aliphatic heterocycles. The van der Waals surface area contributed by atoms with Gasteiger partial charge in [-0.1, -0.05) is 12.8 Å². The molecule has 1 aromatic rings. The van der Waals surface area contributed by atoms with Crippen molar-refractivity contribution in [1.82, 2.24) is 15.0 Å². The van der Waals surface area contributed by atoms with Gasteiger partial charge in [-0.3, -0.25) is 5.43 Å². The fourth-order valence-corrected chi connectivity index (χ4v) is 2.01. The normalized spacial score (nSPS) is 10.3. The smallest absolute Gasteiger partial charge is 0.322 e. The zero-order chi connectivity index (χ0) is 13.9. The highest BCUT2D eigenvalue weighted by Gasteiger charge is 2.04. The van der Waals surface area contributed by atoms with E-state index in [1.165, 1.54) is 32.1 Å². The van der Waals surface area contributed by atoms with E-state index in [2.05, 4.69) is 32.0 Å². The van der Waals surface area contributed by atoms with Gasteiger partial charge in [0.2, 0.25) is 11.9 Å². The van der Waals surface area contributed by atoms with Gasteiger partial charge in [0.25, 0.3) is 0 Å². The van der Waals surface area contributed by atoms with E-state index in [1.54, 1.807) is 0 Å². The topological polar surface area (TPSA) is 98.0 Å². The molecule has 0 spiro atoms. The Morgan fingerprint density at radius 1 is 1.11 bits per heavy atom. The first-order valence-corrected chi connectivity index (χ1v) is 7.69. The summed E-state index contributed by atoms with van der Waals surface area (Å²) in [4.78, 5) is 12.1. The van der Waals surface area contributed by atoms with E-state index in [4.69, 9.17) is 10.6 Å². The Kier molecular flexibility index (Phi) is 7.99. The van der Waals surface area contributed by atoms with Crippen molar-refractivity contribution in [3.8, 4) is 6.01 Å². The molecule has 8 heteroatoms. The molecule has 1 rings (SSSR count). The van der Waals surface area contributed by atoms with Crippen LogP contribution >= 0.6 is 11.8 Å². The van der Waals surface area contributed by atoms with Gasteiger partial charge in [0, 0.05) is 6.54 Å². The number of nitrogens with zero attached hydrogens (tertiary/aromatic N) is 3. The van der Waals surface area contributed by atoms with Gasteiger partial charge in [0.05, 0.1) is 7.11 Å². The zero-order valence-corrected chi connectivity index (χ0v) is 12.3. The summed E-state index contributed by atoms with van der Waals surface area (Å²) < 4.78 is 4.97. The van der Waals surface area contributed by atoms with E-state index >= 15 is 0 Å². The predicted molar refractivity (Wildman–Crippen MR) is 79.5 cm³/mol. The molecule has 0 saturated carbocycles. The lowest BCUT2D eigenvalue weighted by Gasteiger charge is -2.07. The molecule has 0 fully saturated rings. The summed E-state index contributed by atoms with van der Waals surface area (Å²) in [7, 11) is 1.51. The lowest BCUT2D eigenvalue weighted by atomic mass is 10.2. The average molecular weight is 286 g/mol. The number of aromatic nitrogens is 3. The molecule has 0 radical (unpaired) electrons. The van der Waals surface area contributed by atoms with E-state index < -0.39 is 0 Å². The van der Waals surface area contributed by atoms with Crippen molar-refractivity contribution in [2.24, 2.45) is 5.84 Å². The van der Waals surface area contributed by atoms with E-state index in [0.29, 0.717) is 5.95 Å². The molecular formula is C11H22N6OS. The molecular weight excluding hydrogens is 264 g/mol. The molecule has 0 unspecified atom stereocenters. The number of nitrogens with one attached hydrogen (secondary N) is 2. The highest BCUT2D eigenvalue weighted by molar-refractivity contribution is 7.98. The highest BCUT2D eigenvalue weighted by atomic mass is 32.2. The number of nitrogen functional groups attached to an aromatic ring is 1. The highest BCUT2D eigenvalue weighted by Crippen LogP contribution is 2.10. The van der Waals surface area contributed by atoms with Gasteiger partial charge in [0.15, 0.2) is 0 Å². The summed E-state index contributed by atoms with van der Waals surface area (Å²) >= 11 is 1.90. The number of rotatable bonds is 10. The number of hydrogen-bond donors (Lipinski definition) is 3. The van der Waals surface area contributed by atoms with Crippen LogP contribution in [0.4, 0.5) is 11.9 Å². The first kappa shape index (κ1) is 15.8. The summed E-state index contributed by atoms with van der Waals surface area (Å²) in [6.45, 7) is 0.830. The Labute approximate surface area is 118 Å². The van der Waals surface area contributed by atoms with Crippen LogP contribution in [0.3, 0.4) is 0 Å². The number of thioether (sulfide) groups is 1. The number of ether oxygens (including phenoxy) is 1. The van der Waals surface area contributed by atoms with Crippen LogP contribution in [0.5, 0.6) is 6.01 Å². The van der Waals surface area contributed by atoms with Crippen LogP contribution in [0.1, 0.15) is 25.7 Å². The van der Waals surface area contributed by atoms with Crippen molar-refractivity contribution in [2.45, 2.75) is 25.7 Å². The van der Waals surface area contributed by atoms with Gasteiger partial charge >= 0.3 is 6.01 Å². The van der Waals surface area contributed by atoms with Crippen molar-refractivity contribution >= 4 is 23.7 Å². The second kappa shape index (κ2) is 9.62. The van der Waals surface area contributed by atoms with Gasteiger partial charge in [-0.25, -0.2) is 5.84 Å². The summed E-state index contributed by atoms with van der Waals surface area (Å²) in [5, 5.41) is 3.14. The Morgan fingerprint density at radius 3 is 2.53 bits per heavy atom. The van der Waals surface area contributed by atoms with Crippen LogP contribution in [0, 0.1) is 0 Å². The van der Waals surface area contributed by atoms with Crippen molar-refractivity contribution in [1.29, 1.82) is 0 Å². The standard InChI is InChI=1S/C11H22N6OS/c1-18-11-15-9(14-10(16-11)17-12)13-7-5-3-4-6-8-19-2/h3-8,12H2,1-2H3,(H2,13,14,15,16,17). The van der Waals surface area contributed by atoms with Gasteiger partial charge in [-0.05, 0) is 24.9 Å². The summed E-state index contributed by atoms with van der Waals surface area (Å²) in [5.74, 6) is 7.28. The minimum Gasteiger partial charge on any atom is -0.467 e. The number of hydrazine groups is 1. The summed E-state index contributed by atoms with van der Waals surface area (Å²) in [6, 6.07) is 0.241. The Bertz CT molecular complexity index is 343. The van der Waals surface area contributed by atoms with Crippen LogP contribution in [0.25, 0.3) is 0 Å². The molecule has 108 valence electrons. The average Bonchev–Trinajstić information content (AvgIpc) is 2.45. The van der Waals surface area contributed by atoms with Gasteiger partial charge < -0.3 is 10.1 Å². The van der Waals surface area contributed by atoms with Crippen LogP contribution in [0.2, 0.25) is 0 Å². The van der Waals surface area contributed by atoms with Crippen molar-refractivity contribution in [2.75, 3.05) is 36.4 Å². The second-order valence-corrected chi connectivity index (χ2v) is 4.93. The Hall–Kier alpha value is -1.28. The second-order valence-electron chi connectivity index (χ2n) is 3.95. The van der Waals surface area contributed by atoms with Gasteiger partial charge in [-0.15, -0.1) is 0 Å². The van der Waals surface area contributed by atoms with Crippen LogP contribution < -0.4 is 21.3 Å². The van der Waals surface area contributed by atoms with Crippen LogP contribution in [0.15, 0.2) is 0 Å². The van der Waals surface area contributed by atoms with Gasteiger partial charge in [0.1, 0.15) is 0 Å². The largest absolute Gasteiger partial charge is 0.467 e. The first-order valence-electron chi connectivity index (χ1n) is 6.29. The molecule has 0 bridgehead atoms. The van der Waals surface area contributed by atoms with Crippen molar-refractivity contribution < 1.29 is 4.74 Å². The molecule has 0 amide bonds. The molecule has 0 atom stereocenters. The monoisotopic (exact) mass is 286 g/mol. The van der Waals surface area contributed by atoms with Crippen LogP contribution in [-0.2, 0) is 0 Å². The zero-order valence-electron chi connectivity index (χ0n) is 11.5.